The maximum atomic E-state index is 12.1. The van der Waals surface area contributed by atoms with Gasteiger partial charge in [-0.2, -0.15) is 0 Å². The number of nitrogens with two attached hydrogens (primary N) is 1. The van der Waals surface area contributed by atoms with E-state index in [-0.39, 0.29) is 11.3 Å². The standard InChI is InChI=1S/C16H27N3OS/c1-2-13-11-19-15(21-13)6-9-18-14(20)10-16(12-17)7-4-3-5-8-16/h11H,2-10,12,17H2,1H3,(H,18,20). The lowest BCUT2D eigenvalue weighted by atomic mass is 9.71. The molecule has 5 heteroatoms. The molecule has 0 atom stereocenters. The first-order chi connectivity index (χ1) is 10.2. The molecule has 0 spiro atoms. The topological polar surface area (TPSA) is 68.0 Å². The van der Waals surface area contributed by atoms with Crippen LogP contribution in [0.1, 0.15) is 55.3 Å². The summed E-state index contributed by atoms with van der Waals surface area (Å²) in [6, 6.07) is 0. The zero-order chi connectivity index (χ0) is 15.1. The molecule has 1 aromatic rings. The lowest BCUT2D eigenvalue weighted by molar-refractivity contribution is -0.123. The number of thiazole rings is 1. The number of rotatable bonds is 7. The second-order valence-electron chi connectivity index (χ2n) is 6.12. The molecule has 2 rings (SSSR count). The van der Waals surface area contributed by atoms with Crippen LogP contribution in [0.2, 0.25) is 0 Å². The minimum Gasteiger partial charge on any atom is -0.356 e. The quantitative estimate of drug-likeness (QED) is 0.813. The maximum absolute atomic E-state index is 12.1. The van der Waals surface area contributed by atoms with Gasteiger partial charge in [0.1, 0.15) is 0 Å². The number of amides is 1. The lowest BCUT2D eigenvalue weighted by Gasteiger charge is -2.35. The van der Waals surface area contributed by atoms with Gasteiger partial charge >= 0.3 is 0 Å². The fourth-order valence-corrected chi connectivity index (χ4v) is 3.96. The van der Waals surface area contributed by atoms with Crippen molar-refractivity contribution in [1.29, 1.82) is 0 Å². The molecule has 0 aliphatic heterocycles. The van der Waals surface area contributed by atoms with E-state index in [2.05, 4.69) is 17.2 Å². The van der Waals surface area contributed by atoms with Crippen LogP contribution in [0.25, 0.3) is 0 Å². The van der Waals surface area contributed by atoms with Crippen LogP contribution in [-0.2, 0) is 17.6 Å². The zero-order valence-corrected chi connectivity index (χ0v) is 13.8. The highest BCUT2D eigenvalue weighted by Crippen LogP contribution is 2.38. The van der Waals surface area contributed by atoms with Gasteiger partial charge in [0.2, 0.25) is 5.91 Å². The fourth-order valence-electron chi connectivity index (χ4n) is 3.09. The van der Waals surface area contributed by atoms with Crippen molar-refractivity contribution in [1.82, 2.24) is 10.3 Å². The van der Waals surface area contributed by atoms with Crippen LogP contribution in [0.15, 0.2) is 6.20 Å². The Kier molecular flexibility index (Phi) is 6.18. The normalized spacial score (nSPS) is 17.6. The van der Waals surface area contributed by atoms with Gasteiger partial charge in [0.05, 0.1) is 5.01 Å². The molecule has 0 aromatic carbocycles. The number of aromatic nitrogens is 1. The van der Waals surface area contributed by atoms with Crippen LogP contribution >= 0.6 is 11.3 Å². The Hall–Kier alpha value is -0.940. The van der Waals surface area contributed by atoms with Crippen LogP contribution < -0.4 is 11.1 Å². The summed E-state index contributed by atoms with van der Waals surface area (Å²) in [6.45, 7) is 3.44. The van der Waals surface area contributed by atoms with Gasteiger partial charge in [-0.05, 0) is 31.2 Å². The van der Waals surface area contributed by atoms with E-state index >= 15 is 0 Å². The molecule has 0 unspecified atom stereocenters. The van der Waals surface area contributed by atoms with E-state index in [1.807, 2.05) is 6.20 Å². The summed E-state index contributed by atoms with van der Waals surface area (Å²) in [5, 5.41) is 4.15. The Morgan fingerprint density at radius 1 is 1.43 bits per heavy atom. The van der Waals surface area contributed by atoms with E-state index in [1.165, 1.54) is 24.1 Å². The van der Waals surface area contributed by atoms with Crippen molar-refractivity contribution >= 4 is 17.2 Å². The van der Waals surface area contributed by atoms with Gasteiger partial charge in [0.25, 0.3) is 0 Å². The Morgan fingerprint density at radius 3 is 2.81 bits per heavy atom. The van der Waals surface area contributed by atoms with Crippen molar-refractivity contribution in [3.8, 4) is 0 Å². The third-order valence-electron chi connectivity index (χ3n) is 4.49. The average Bonchev–Trinajstić information content (AvgIpc) is 2.96. The van der Waals surface area contributed by atoms with Gasteiger partial charge in [-0.3, -0.25) is 4.79 Å². The summed E-state index contributed by atoms with van der Waals surface area (Å²) in [6.07, 6.45) is 10.3. The molecule has 118 valence electrons. The van der Waals surface area contributed by atoms with Gasteiger partial charge in [-0.15, -0.1) is 11.3 Å². The summed E-state index contributed by atoms with van der Waals surface area (Å²) >= 11 is 1.74. The molecule has 1 saturated carbocycles. The first-order valence-corrected chi connectivity index (χ1v) is 8.89. The number of carbonyl (C=O) groups excluding carboxylic acids is 1. The van der Waals surface area contributed by atoms with Crippen LogP contribution in [0.4, 0.5) is 0 Å². The molecule has 21 heavy (non-hydrogen) atoms. The monoisotopic (exact) mass is 309 g/mol. The molecule has 0 radical (unpaired) electrons. The van der Waals surface area contributed by atoms with E-state index in [0.29, 0.717) is 19.5 Å². The molecule has 1 aliphatic rings. The molecule has 0 saturated heterocycles. The zero-order valence-electron chi connectivity index (χ0n) is 13.0. The van der Waals surface area contributed by atoms with Gasteiger partial charge in [0, 0.05) is 30.5 Å². The van der Waals surface area contributed by atoms with Gasteiger partial charge in [-0.1, -0.05) is 26.2 Å². The van der Waals surface area contributed by atoms with Crippen molar-refractivity contribution < 1.29 is 4.79 Å². The summed E-state index contributed by atoms with van der Waals surface area (Å²) < 4.78 is 0. The number of hydrogen-bond acceptors (Lipinski definition) is 4. The molecular weight excluding hydrogens is 282 g/mol. The maximum Gasteiger partial charge on any atom is 0.220 e. The summed E-state index contributed by atoms with van der Waals surface area (Å²) in [5.41, 5.74) is 5.99. The number of nitrogens with one attached hydrogen (secondary N) is 1. The van der Waals surface area contributed by atoms with E-state index in [4.69, 9.17) is 5.73 Å². The molecule has 4 nitrogen and oxygen atoms in total. The molecule has 1 amide bonds. The van der Waals surface area contributed by atoms with Crippen LogP contribution in [-0.4, -0.2) is 24.0 Å². The molecular formula is C16H27N3OS. The highest BCUT2D eigenvalue weighted by molar-refractivity contribution is 7.11. The molecule has 0 bridgehead atoms. The predicted molar refractivity (Wildman–Crippen MR) is 87.4 cm³/mol. The Bertz CT molecular complexity index is 452. The number of carbonyl (C=O) groups is 1. The second kappa shape index (κ2) is 7.90. The summed E-state index contributed by atoms with van der Waals surface area (Å²) in [4.78, 5) is 17.8. The van der Waals surface area contributed by atoms with Crippen molar-refractivity contribution in [2.75, 3.05) is 13.1 Å². The Balaban J connectivity index is 1.73. The van der Waals surface area contributed by atoms with Crippen molar-refractivity contribution in [2.45, 2.75) is 58.3 Å². The van der Waals surface area contributed by atoms with Gasteiger partial charge in [0.15, 0.2) is 0 Å². The number of aryl methyl sites for hydroxylation is 1. The lowest BCUT2D eigenvalue weighted by Crippen LogP contribution is -2.39. The first-order valence-electron chi connectivity index (χ1n) is 8.08. The summed E-state index contributed by atoms with van der Waals surface area (Å²) in [7, 11) is 0. The minimum absolute atomic E-state index is 0.0545. The molecule has 1 aliphatic carbocycles. The number of hydrogen-bond donors (Lipinski definition) is 2. The van der Waals surface area contributed by atoms with E-state index in [0.717, 1.165) is 30.7 Å². The van der Waals surface area contributed by atoms with Crippen LogP contribution in [0.3, 0.4) is 0 Å². The van der Waals surface area contributed by atoms with E-state index in [9.17, 15) is 4.79 Å². The van der Waals surface area contributed by atoms with Crippen molar-refractivity contribution in [2.24, 2.45) is 11.1 Å². The average molecular weight is 309 g/mol. The molecule has 3 N–H and O–H groups in total. The third kappa shape index (κ3) is 4.78. The first kappa shape index (κ1) is 16.4. The second-order valence-corrected chi connectivity index (χ2v) is 7.32. The fraction of sp³-hybridized carbons (Fsp3) is 0.750. The molecule has 1 fully saturated rings. The summed E-state index contributed by atoms with van der Waals surface area (Å²) in [5.74, 6) is 0.148. The van der Waals surface area contributed by atoms with Crippen LogP contribution in [0.5, 0.6) is 0 Å². The highest BCUT2D eigenvalue weighted by Gasteiger charge is 2.32. The number of nitrogens with zero attached hydrogens (tertiary/aromatic N) is 1. The van der Waals surface area contributed by atoms with Gasteiger partial charge < -0.3 is 11.1 Å². The Labute approximate surface area is 131 Å². The molecule has 1 aromatic heterocycles. The highest BCUT2D eigenvalue weighted by atomic mass is 32.1. The predicted octanol–water partition coefficient (Wildman–Crippen LogP) is 2.66. The van der Waals surface area contributed by atoms with E-state index in [1.54, 1.807) is 11.3 Å². The van der Waals surface area contributed by atoms with Gasteiger partial charge in [-0.25, -0.2) is 4.98 Å². The SMILES string of the molecule is CCc1cnc(CCNC(=O)CC2(CN)CCCCC2)s1. The smallest absolute Gasteiger partial charge is 0.220 e. The largest absolute Gasteiger partial charge is 0.356 e. The van der Waals surface area contributed by atoms with E-state index < -0.39 is 0 Å². The minimum atomic E-state index is 0.0545. The van der Waals surface area contributed by atoms with Crippen molar-refractivity contribution in [3.63, 3.8) is 0 Å². The Morgan fingerprint density at radius 2 is 2.19 bits per heavy atom. The molecule has 1 heterocycles. The third-order valence-corrected chi connectivity index (χ3v) is 5.70. The van der Waals surface area contributed by atoms with Crippen molar-refractivity contribution in [3.05, 3.63) is 16.1 Å². The van der Waals surface area contributed by atoms with Crippen LogP contribution in [0, 0.1) is 5.41 Å².